The van der Waals surface area contributed by atoms with Crippen molar-refractivity contribution in [2.75, 3.05) is 30.9 Å². The monoisotopic (exact) mass is 523 g/mol. The highest BCUT2D eigenvalue weighted by Crippen LogP contribution is 2.30. The van der Waals surface area contributed by atoms with Crippen LogP contribution in [0.25, 0.3) is 22.4 Å². The van der Waals surface area contributed by atoms with Gasteiger partial charge in [0.05, 0.1) is 18.9 Å². The number of Topliss-reactive ketones (excluding diaryl/α,β-unsaturated/α-hetero) is 1. The van der Waals surface area contributed by atoms with Crippen LogP contribution >= 0.6 is 0 Å². The van der Waals surface area contributed by atoms with E-state index in [1.807, 2.05) is 87.6 Å². The molecule has 1 aromatic heterocycles. The summed E-state index contributed by atoms with van der Waals surface area (Å²) in [6.07, 6.45) is 0.0849. The number of carbonyl (C=O) groups is 2. The quantitative estimate of drug-likeness (QED) is 0.197. The number of pyridine rings is 1. The first-order chi connectivity index (χ1) is 19.0. The van der Waals surface area contributed by atoms with Gasteiger partial charge in [-0.3, -0.25) is 9.59 Å². The number of ketones is 1. The van der Waals surface area contributed by atoms with Gasteiger partial charge in [0.25, 0.3) is 0 Å². The Morgan fingerprint density at radius 3 is 2.15 bits per heavy atom. The molecule has 0 unspecified atom stereocenters. The third kappa shape index (κ3) is 7.23. The smallest absolute Gasteiger partial charge is 0.225 e. The van der Waals surface area contributed by atoms with E-state index in [0.29, 0.717) is 36.1 Å². The Morgan fingerprint density at radius 2 is 1.46 bits per heavy atom. The standard InChI is InChI=1S/C32H33N3O4/c1-4-38-29-17-13-24(20-30(29)39-5-2)28(36)16-18-32(37)35-31-21-25(22-11-14-26(33-3)15-12-22)19-27(34-31)23-9-7-6-8-10-23/h6-15,17,19-21,33H,4-5,16,18H2,1-3H3,(H,34,35,37). The molecule has 0 radical (unpaired) electrons. The summed E-state index contributed by atoms with van der Waals surface area (Å²) in [7, 11) is 1.88. The molecule has 1 heterocycles. The fourth-order valence-corrected chi connectivity index (χ4v) is 4.15. The Balaban J connectivity index is 1.50. The van der Waals surface area contributed by atoms with E-state index in [-0.39, 0.29) is 24.5 Å². The zero-order valence-corrected chi connectivity index (χ0v) is 22.5. The first-order valence-corrected chi connectivity index (χ1v) is 13.1. The number of carbonyl (C=O) groups excluding carboxylic acids is 2. The summed E-state index contributed by atoms with van der Waals surface area (Å²) in [5.41, 5.74) is 5.10. The molecule has 0 aliphatic carbocycles. The van der Waals surface area contributed by atoms with Crippen molar-refractivity contribution < 1.29 is 19.1 Å². The van der Waals surface area contributed by atoms with Crippen molar-refractivity contribution in [3.8, 4) is 33.9 Å². The molecule has 0 saturated carbocycles. The summed E-state index contributed by atoms with van der Waals surface area (Å²) in [5.74, 6) is 1.11. The topological polar surface area (TPSA) is 89.6 Å². The molecule has 2 N–H and O–H groups in total. The van der Waals surface area contributed by atoms with E-state index in [9.17, 15) is 9.59 Å². The van der Waals surface area contributed by atoms with E-state index >= 15 is 0 Å². The van der Waals surface area contributed by atoms with Crippen molar-refractivity contribution >= 4 is 23.2 Å². The first-order valence-electron chi connectivity index (χ1n) is 13.1. The molecule has 4 rings (SSSR count). The number of nitrogens with zero attached hydrogens (tertiary/aromatic N) is 1. The van der Waals surface area contributed by atoms with Crippen LogP contribution in [0.2, 0.25) is 0 Å². The predicted molar refractivity (Wildman–Crippen MR) is 156 cm³/mol. The van der Waals surface area contributed by atoms with Crippen LogP contribution < -0.4 is 20.1 Å². The summed E-state index contributed by atoms with van der Waals surface area (Å²) in [5, 5.41) is 6.01. The summed E-state index contributed by atoms with van der Waals surface area (Å²) >= 11 is 0. The van der Waals surface area contributed by atoms with Gasteiger partial charge in [0, 0.05) is 36.7 Å². The van der Waals surface area contributed by atoms with Gasteiger partial charge in [-0.2, -0.15) is 0 Å². The maximum Gasteiger partial charge on any atom is 0.225 e. The highest BCUT2D eigenvalue weighted by molar-refractivity contribution is 6.00. The van der Waals surface area contributed by atoms with E-state index in [4.69, 9.17) is 9.47 Å². The van der Waals surface area contributed by atoms with E-state index < -0.39 is 0 Å². The zero-order chi connectivity index (χ0) is 27.6. The van der Waals surface area contributed by atoms with E-state index in [0.717, 1.165) is 28.1 Å². The van der Waals surface area contributed by atoms with Gasteiger partial charge < -0.3 is 20.1 Å². The Kier molecular flexibility index (Phi) is 9.29. The molecule has 7 nitrogen and oxygen atoms in total. The molecule has 1 amide bonds. The van der Waals surface area contributed by atoms with Crippen LogP contribution in [0.4, 0.5) is 11.5 Å². The minimum absolute atomic E-state index is 0.0272. The van der Waals surface area contributed by atoms with Crippen LogP contribution in [0.15, 0.2) is 84.9 Å². The molecule has 4 aromatic rings. The van der Waals surface area contributed by atoms with Gasteiger partial charge in [0.15, 0.2) is 17.3 Å². The Hall–Kier alpha value is -4.65. The highest BCUT2D eigenvalue weighted by atomic mass is 16.5. The maximum atomic E-state index is 12.9. The normalized spacial score (nSPS) is 10.5. The Labute approximate surface area is 229 Å². The number of anilines is 2. The molecule has 0 atom stereocenters. The molecular formula is C32H33N3O4. The van der Waals surface area contributed by atoms with Crippen LogP contribution in [-0.4, -0.2) is 36.9 Å². The largest absolute Gasteiger partial charge is 0.490 e. The molecule has 7 heteroatoms. The van der Waals surface area contributed by atoms with Crippen molar-refractivity contribution in [2.45, 2.75) is 26.7 Å². The summed E-state index contributed by atoms with van der Waals surface area (Å²) in [6.45, 7) is 4.71. The van der Waals surface area contributed by atoms with Crippen molar-refractivity contribution in [2.24, 2.45) is 0 Å². The van der Waals surface area contributed by atoms with Gasteiger partial charge in [-0.1, -0.05) is 42.5 Å². The lowest BCUT2D eigenvalue weighted by atomic mass is 10.0. The summed E-state index contributed by atoms with van der Waals surface area (Å²) < 4.78 is 11.2. The fourth-order valence-electron chi connectivity index (χ4n) is 4.15. The molecule has 0 aliphatic rings. The van der Waals surface area contributed by atoms with Gasteiger partial charge in [-0.25, -0.2) is 4.98 Å². The van der Waals surface area contributed by atoms with Crippen LogP contribution in [0, 0.1) is 0 Å². The molecule has 0 aliphatic heterocycles. The molecule has 3 aromatic carbocycles. The average Bonchev–Trinajstić information content (AvgIpc) is 2.97. The minimum atomic E-state index is -0.284. The number of amides is 1. The summed E-state index contributed by atoms with van der Waals surface area (Å²) in [4.78, 5) is 30.4. The molecule has 0 saturated heterocycles. The molecule has 0 spiro atoms. The number of nitrogens with one attached hydrogen (secondary N) is 2. The van der Waals surface area contributed by atoms with Crippen LogP contribution in [0.3, 0.4) is 0 Å². The van der Waals surface area contributed by atoms with E-state index in [1.165, 1.54) is 0 Å². The molecule has 200 valence electrons. The average molecular weight is 524 g/mol. The van der Waals surface area contributed by atoms with Crippen LogP contribution in [-0.2, 0) is 4.79 Å². The number of aromatic nitrogens is 1. The number of rotatable bonds is 12. The van der Waals surface area contributed by atoms with Crippen molar-refractivity contribution in [3.05, 3.63) is 90.5 Å². The van der Waals surface area contributed by atoms with Gasteiger partial charge in [0.2, 0.25) is 5.91 Å². The van der Waals surface area contributed by atoms with Gasteiger partial charge in [0.1, 0.15) is 5.82 Å². The number of hydrogen-bond acceptors (Lipinski definition) is 6. The zero-order valence-electron chi connectivity index (χ0n) is 22.5. The third-order valence-corrected chi connectivity index (χ3v) is 6.11. The van der Waals surface area contributed by atoms with E-state index in [2.05, 4.69) is 15.6 Å². The Morgan fingerprint density at radius 1 is 0.744 bits per heavy atom. The highest BCUT2D eigenvalue weighted by Gasteiger charge is 2.15. The van der Waals surface area contributed by atoms with Gasteiger partial charge >= 0.3 is 0 Å². The number of benzene rings is 3. The fraction of sp³-hybridized carbons (Fsp3) is 0.219. The minimum Gasteiger partial charge on any atom is -0.490 e. The number of hydrogen-bond donors (Lipinski definition) is 2. The first kappa shape index (κ1) is 27.4. The second kappa shape index (κ2) is 13.2. The third-order valence-electron chi connectivity index (χ3n) is 6.11. The van der Waals surface area contributed by atoms with Crippen molar-refractivity contribution in [1.82, 2.24) is 4.98 Å². The lowest BCUT2D eigenvalue weighted by Crippen LogP contribution is -2.15. The van der Waals surface area contributed by atoms with E-state index in [1.54, 1.807) is 18.2 Å². The second-order valence-corrected chi connectivity index (χ2v) is 8.82. The maximum absolute atomic E-state index is 12.9. The molecular weight excluding hydrogens is 490 g/mol. The van der Waals surface area contributed by atoms with Crippen LogP contribution in [0.5, 0.6) is 11.5 Å². The molecule has 0 fully saturated rings. The second-order valence-electron chi connectivity index (χ2n) is 8.82. The molecule has 0 bridgehead atoms. The predicted octanol–water partition coefficient (Wildman–Crippen LogP) is 6.86. The Bertz CT molecular complexity index is 1420. The van der Waals surface area contributed by atoms with Crippen LogP contribution in [0.1, 0.15) is 37.0 Å². The lowest BCUT2D eigenvalue weighted by Gasteiger charge is -2.12. The number of ether oxygens (including phenoxy) is 2. The molecule has 39 heavy (non-hydrogen) atoms. The van der Waals surface area contributed by atoms with Gasteiger partial charge in [-0.15, -0.1) is 0 Å². The lowest BCUT2D eigenvalue weighted by molar-refractivity contribution is -0.116. The SMILES string of the molecule is CCOc1ccc(C(=O)CCC(=O)Nc2cc(-c3ccc(NC)cc3)cc(-c3ccccc3)n2)cc1OCC. The van der Waals surface area contributed by atoms with Crippen molar-refractivity contribution in [1.29, 1.82) is 0 Å². The summed E-state index contributed by atoms with van der Waals surface area (Å²) in [6, 6.07) is 26.8. The van der Waals surface area contributed by atoms with Crippen molar-refractivity contribution in [3.63, 3.8) is 0 Å². The van der Waals surface area contributed by atoms with Gasteiger partial charge in [-0.05, 0) is 67.4 Å².